The van der Waals surface area contributed by atoms with Crippen LogP contribution >= 0.6 is 0 Å². The predicted molar refractivity (Wildman–Crippen MR) is 87.1 cm³/mol. The predicted octanol–water partition coefficient (Wildman–Crippen LogP) is 2.72. The van der Waals surface area contributed by atoms with Crippen molar-refractivity contribution in [3.8, 4) is 0 Å². The summed E-state index contributed by atoms with van der Waals surface area (Å²) in [5.74, 6) is 0.881. The maximum Gasteiger partial charge on any atom is 0.241 e. The third-order valence-corrected chi connectivity index (χ3v) is 4.36. The van der Waals surface area contributed by atoms with Gasteiger partial charge in [-0.25, -0.2) is 4.39 Å². The van der Waals surface area contributed by atoms with Gasteiger partial charge in [-0.15, -0.1) is 0 Å². The van der Waals surface area contributed by atoms with Crippen LogP contribution in [0.4, 0.5) is 10.1 Å². The van der Waals surface area contributed by atoms with Gasteiger partial charge in [-0.05, 0) is 51.4 Å². The zero-order valence-corrected chi connectivity index (χ0v) is 13.8. The number of hydrogen-bond acceptors (Lipinski definition) is 5. The van der Waals surface area contributed by atoms with Crippen molar-refractivity contribution in [3.05, 3.63) is 41.8 Å². The van der Waals surface area contributed by atoms with Gasteiger partial charge in [0, 0.05) is 12.2 Å². The Labute approximate surface area is 140 Å². The van der Waals surface area contributed by atoms with E-state index in [0.717, 1.165) is 19.4 Å². The number of nitrogens with zero attached hydrogens (tertiary/aromatic N) is 3. The molecule has 1 saturated heterocycles. The molecule has 0 aliphatic carbocycles. The van der Waals surface area contributed by atoms with Crippen molar-refractivity contribution >= 4 is 11.6 Å². The monoisotopic (exact) mass is 332 g/mol. The van der Waals surface area contributed by atoms with Crippen LogP contribution in [0.25, 0.3) is 0 Å². The molecule has 1 amide bonds. The summed E-state index contributed by atoms with van der Waals surface area (Å²) < 4.78 is 18.5. The standard InChI is InChI=1S/C17H21FN4O2/c1-11(16(23)20-15-7-3-6-14(18)9-15)22-8-4-5-13(10-22)17-19-12(2)21-24-17/h3,6-7,9,11,13H,4-5,8,10H2,1-2H3,(H,20,23). The van der Waals surface area contributed by atoms with Gasteiger partial charge in [0.1, 0.15) is 5.82 Å². The molecule has 7 heteroatoms. The molecule has 1 fully saturated rings. The highest BCUT2D eigenvalue weighted by molar-refractivity contribution is 5.94. The zero-order valence-electron chi connectivity index (χ0n) is 13.8. The van der Waals surface area contributed by atoms with Crippen LogP contribution in [0.5, 0.6) is 0 Å². The third-order valence-electron chi connectivity index (χ3n) is 4.36. The van der Waals surface area contributed by atoms with Crippen molar-refractivity contribution in [2.24, 2.45) is 0 Å². The van der Waals surface area contributed by atoms with E-state index in [0.29, 0.717) is 23.9 Å². The molecule has 2 heterocycles. The fraction of sp³-hybridized carbons (Fsp3) is 0.471. The Bertz CT molecular complexity index is 718. The summed E-state index contributed by atoms with van der Waals surface area (Å²) in [6.45, 7) is 5.18. The molecule has 128 valence electrons. The Balaban J connectivity index is 1.63. The molecule has 1 aliphatic heterocycles. The van der Waals surface area contributed by atoms with Gasteiger partial charge in [-0.3, -0.25) is 9.69 Å². The molecule has 2 atom stereocenters. The number of aromatic nitrogens is 2. The minimum Gasteiger partial charge on any atom is -0.339 e. The van der Waals surface area contributed by atoms with Gasteiger partial charge in [0.15, 0.2) is 5.82 Å². The second-order valence-electron chi connectivity index (χ2n) is 6.19. The summed E-state index contributed by atoms with van der Waals surface area (Å²) in [5, 5.41) is 6.61. The maximum absolute atomic E-state index is 13.2. The lowest BCUT2D eigenvalue weighted by Crippen LogP contribution is -2.46. The molecular weight excluding hydrogens is 311 g/mol. The molecule has 0 saturated carbocycles. The van der Waals surface area contributed by atoms with Gasteiger partial charge < -0.3 is 9.84 Å². The van der Waals surface area contributed by atoms with E-state index >= 15 is 0 Å². The number of benzene rings is 1. The molecule has 2 unspecified atom stereocenters. The summed E-state index contributed by atoms with van der Waals surface area (Å²) in [7, 11) is 0. The lowest BCUT2D eigenvalue weighted by atomic mass is 9.96. The third kappa shape index (κ3) is 3.79. The van der Waals surface area contributed by atoms with Crippen molar-refractivity contribution in [2.45, 2.75) is 38.6 Å². The minimum atomic E-state index is -0.370. The zero-order chi connectivity index (χ0) is 17.1. The molecule has 0 radical (unpaired) electrons. The highest BCUT2D eigenvalue weighted by atomic mass is 19.1. The fourth-order valence-electron chi connectivity index (χ4n) is 3.02. The summed E-state index contributed by atoms with van der Waals surface area (Å²) >= 11 is 0. The van der Waals surface area contributed by atoms with E-state index in [1.165, 1.54) is 12.1 Å². The molecule has 1 aromatic heterocycles. The Morgan fingerprint density at radius 2 is 2.33 bits per heavy atom. The first-order valence-electron chi connectivity index (χ1n) is 8.13. The number of halogens is 1. The Hall–Kier alpha value is -2.28. The number of amides is 1. The van der Waals surface area contributed by atoms with Crippen LogP contribution in [0.1, 0.15) is 37.4 Å². The van der Waals surface area contributed by atoms with Crippen LogP contribution in [0, 0.1) is 12.7 Å². The van der Waals surface area contributed by atoms with Gasteiger partial charge in [0.25, 0.3) is 0 Å². The molecule has 0 bridgehead atoms. The van der Waals surface area contributed by atoms with E-state index < -0.39 is 0 Å². The summed E-state index contributed by atoms with van der Waals surface area (Å²) in [6, 6.07) is 5.59. The smallest absolute Gasteiger partial charge is 0.241 e. The van der Waals surface area contributed by atoms with Crippen molar-refractivity contribution in [2.75, 3.05) is 18.4 Å². The Morgan fingerprint density at radius 1 is 1.50 bits per heavy atom. The molecule has 0 spiro atoms. The summed E-state index contributed by atoms with van der Waals surface area (Å²) in [6.07, 6.45) is 1.93. The van der Waals surface area contributed by atoms with E-state index in [1.807, 2.05) is 6.92 Å². The Morgan fingerprint density at radius 3 is 3.04 bits per heavy atom. The number of likely N-dealkylation sites (tertiary alicyclic amines) is 1. The molecule has 1 aromatic carbocycles. The van der Waals surface area contributed by atoms with Crippen LogP contribution in [0.15, 0.2) is 28.8 Å². The Kier molecular flexibility index (Phi) is 4.89. The van der Waals surface area contributed by atoms with Crippen molar-refractivity contribution < 1.29 is 13.7 Å². The topological polar surface area (TPSA) is 71.3 Å². The van der Waals surface area contributed by atoms with Gasteiger partial charge >= 0.3 is 0 Å². The van der Waals surface area contributed by atoms with Crippen molar-refractivity contribution in [1.29, 1.82) is 0 Å². The average molecular weight is 332 g/mol. The number of carbonyl (C=O) groups excluding carboxylic acids is 1. The van der Waals surface area contributed by atoms with Gasteiger partial charge in [-0.2, -0.15) is 4.98 Å². The van der Waals surface area contributed by atoms with Crippen LogP contribution in [0.3, 0.4) is 0 Å². The number of anilines is 1. The second kappa shape index (κ2) is 7.09. The number of piperidine rings is 1. The van der Waals surface area contributed by atoms with E-state index in [4.69, 9.17) is 4.52 Å². The molecule has 3 rings (SSSR count). The normalized spacial score (nSPS) is 19.9. The first-order chi connectivity index (χ1) is 11.5. The fourth-order valence-corrected chi connectivity index (χ4v) is 3.02. The highest BCUT2D eigenvalue weighted by Crippen LogP contribution is 2.27. The number of rotatable bonds is 4. The van der Waals surface area contributed by atoms with E-state index in [-0.39, 0.29) is 23.7 Å². The number of carbonyl (C=O) groups is 1. The van der Waals surface area contributed by atoms with Crippen LogP contribution < -0.4 is 5.32 Å². The molecule has 1 aliphatic rings. The van der Waals surface area contributed by atoms with Gasteiger partial charge in [0.2, 0.25) is 11.8 Å². The van der Waals surface area contributed by atoms with Crippen LogP contribution in [-0.4, -0.2) is 40.1 Å². The van der Waals surface area contributed by atoms with Gasteiger partial charge in [0.05, 0.1) is 12.0 Å². The lowest BCUT2D eigenvalue weighted by molar-refractivity contribution is -0.121. The quantitative estimate of drug-likeness (QED) is 0.932. The van der Waals surface area contributed by atoms with Crippen molar-refractivity contribution in [3.63, 3.8) is 0 Å². The van der Waals surface area contributed by atoms with Gasteiger partial charge in [-0.1, -0.05) is 11.2 Å². The number of hydrogen-bond donors (Lipinski definition) is 1. The highest BCUT2D eigenvalue weighted by Gasteiger charge is 2.30. The van der Waals surface area contributed by atoms with Crippen molar-refractivity contribution in [1.82, 2.24) is 15.0 Å². The van der Waals surface area contributed by atoms with Crippen LogP contribution in [0.2, 0.25) is 0 Å². The molecule has 6 nitrogen and oxygen atoms in total. The average Bonchev–Trinajstić information content (AvgIpc) is 3.01. The van der Waals surface area contributed by atoms with E-state index in [9.17, 15) is 9.18 Å². The van der Waals surface area contributed by atoms with E-state index in [1.54, 1.807) is 19.1 Å². The first-order valence-corrected chi connectivity index (χ1v) is 8.13. The van der Waals surface area contributed by atoms with E-state index in [2.05, 4.69) is 20.4 Å². The maximum atomic E-state index is 13.2. The SMILES string of the molecule is Cc1noc(C2CCCN(C(C)C(=O)Nc3cccc(F)c3)C2)n1. The summed E-state index contributed by atoms with van der Waals surface area (Å²) in [4.78, 5) is 18.8. The van der Waals surface area contributed by atoms with Crippen LogP contribution in [-0.2, 0) is 4.79 Å². The minimum absolute atomic E-state index is 0.143. The summed E-state index contributed by atoms with van der Waals surface area (Å²) in [5.41, 5.74) is 0.466. The lowest BCUT2D eigenvalue weighted by Gasteiger charge is -2.34. The molecule has 2 aromatic rings. The molecule has 1 N–H and O–H groups in total. The molecular formula is C17H21FN4O2. The number of nitrogens with one attached hydrogen (secondary N) is 1. The largest absolute Gasteiger partial charge is 0.339 e. The number of aryl methyl sites for hydroxylation is 1. The molecule has 24 heavy (non-hydrogen) atoms. The second-order valence-corrected chi connectivity index (χ2v) is 6.19. The first kappa shape index (κ1) is 16.6.